The summed E-state index contributed by atoms with van der Waals surface area (Å²) < 4.78 is 0. The zero-order chi connectivity index (χ0) is 21.8. The number of rotatable bonds is 1. The lowest BCUT2D eigenvalue weighted by Crippen LogP contribution is -2.23. The lowest BCUT2D eigenvalue weighted by Gasteiger charge is -2.52. The van der Waals surface area contributed by atoms with Crippen LogP contribution in [0.3, 0.4) is 0 Å². The molecule has 33 heavy (non-hydrogen) atoms. The molecule has 2 aliphatic heterocycles. The predicted molar refractivity (Wildman–Crippen MR) is 138 cm³/mol. The van der Waals surface area contributed by atoms with Gasteiger partial charge in [-0.25, -0.2) is 0 Å². The Bertz CT molecular complexity index is 1410. The standard InChI is InChI=1S/C30H22N2S/c1-2-12-22(13-3-1)32-25-16-6-10-20-29(25)33(30-21-11-7-17-26(30)32)27-18-8-4-14-23(27)31-24-15-5-9-19-28(24)33/h1-21,31H. The van der Waals surface area contributed by atoms with Crippen LogP contribution in [0.15, 0.2) is 147 Å². The summed E-state index contributed by atoms with van der Waals surface area (Å²) in [5, 5.41) is 3.72. The Morgan fingerprint density at radius 3 is 1.39 bits per heavy atom. The van der Waals surface area contributed by atoms with Crippen LogP contribution in [0.4, 0.5) is 28.4 Å². The number of nitrogens with zero attached hydrogens (tertiary/aromatic N) is 1. The summed E-state index contributed by atoms with van der Waals surface area (Å²) in [7, 11) is -1.68. The summed E-state index contributed by atoms with van der Waals surface area (Å²) in [5.74, 6) is 0. The molecule has 1 N–H and O–H groups in total. The summed E-state index contributed by atoms with van der Waals surface area (Å²) in [4.78, 5) is 7.94. The number of para-hydroxylation sites is 5. The molecule has 2 heterocycles. The molecule has 5 aromatic rings. The van der Waals surface area contributed by atoms with Crippen molar-refractivity contribution < 1.29 is 0 Å². The number of anilines is 5. The second kappa shape index (κ2) is 7.03. The SMILES string of the molecule is c1ccc(N2c3ccccc3S3(c4ccccc4Nc4ccccc43)c3ccccc32)cc1. The summed E-state index contributed by atoms with van der Waals surface area (Å²) in [6.07, 6.45) is 0. The van der Waals surface area contributed by atoms with Crippen LogP contribution in [-0.2, 0) is 0 Å². The van der Waals surface area contributed by atoms with Gasteiger partial charge in [0.15, 0.2) is 0 Å². The van der Waals surface area contributed by atoms with E-state index in [4.69, 9.17) is 0 Å². The first kappa shape index (κ1) is 18.6. The van der Waals surface area contributed by atoms with Crippen LogP contribution in [0.25, 0.3) is 0 Å². The van der Waals surface area contributed by atoms with E-state index in [2.05, 4.69) is 138 Å². The third-order valence-electron chi connectivity index (χ3n) is 6.59. The van der Waals surface area contributed by atoms with Gasteiger partial charge >= 0.3 is 0 Å². The highest BCUT2D eigenvalue weighted by atomic mass is 32.3. The lowest BCUT2D eigenvalue weighted by atomic mass is 10.2. The van der Waals surface area contributed by atoms with E-state index in [1.54, 1.807) is 0 Å². The van der Waals surface area contributed by atoms with Crippen molar-refractivity contribution in [2.75, 3.05) is 10.2 Å². The summed E-state index contributed by atoms with van der Waals surface area (Å²) in [6.45, 7) is 0. The molecule has 2 aliphatic rings. The van der Waals surface area contributed by atoms with Gasteiger partial charge in [0.2, 0.25) is 0 Å². The molecule has 0 aliphatic carbocycles. The Balaban J connectivity index is 1.67. The zero-order valence-electron chi connectivity index (χ0n) is 18.0. The molecule has 0 amide bonds. The number of fused-ring (bicyclic) bond motifs is 8. The van der Waals surface area contributed by atoms with Crippen molar-refractivity contribution in [3.8, 4) is 0 Å². The van der Waals surface area contributed by atoms with E-state index < -0.39 is 10.0 Å². The van der Waals surface area contributed by atoms with Crippen LogP contribution in [0, 0.1) is 0 Å². The van der Waals surface area contributed by atoms with Gasteiger partial charge in [0.1, 0.15) is 0 Å². The van der Waals surface area contributed by atoms with Crippen molar-refractivity contribution in [1.29, 1.82) is 0 Å². The van der Waals surface area contributed by atoms with Gasteiger partial charge in [0.05, 0.1) is 22.7 Å². The monoisotopic (exact) mass is 442 g/mol. The summed E-state index contributed by atoms with van der Waals surface area (Å²) in [5.41, 5.74) is 6.09. The van der Waals surface area contributed by atoms with Crippen molar-refractivity contribution in [1.82, 2.24) is 0 Å². The molecule has 0 bridgehead atoms. The fourth-order valence-electron chi connectivity index (χ4n) is 5.32. The molecular formula is C30H22N2S. The maximum Gasteiger partial charge on any atom is 0.0592 e. The number of benzene rings is 5. The summed E-state index contributed by atoms with van der Waals surface area (Å²) in [6, 6.07) is 46.4. The molecule has 0 saturated heterocycles. The Hall–Kier alpha value is -3.95. The molecule has 0 radical (unpaired) electrons. The van der Waals surface area contributed by atoms with E-state index in [1.807, 2.05) is 0 Å². The fourth-order valence-corrected chi connectivity index (χ4v) is 9.71. The molecule has 0 fully saturated rings. The Labute approximate surface area is 195 Å². The molecular weight excluding hydrogens is 420 g/mol. The molecule has 1 spiro atoms. The molecule has 0 aromatic heterocycles. The highest BCUT2D eigenvalue weighted by Crippen LogP contribution is 2.82. The summed E-state index contributed by atoms with van der Waals surface area (Å²) >= 11 is 0. The maximum absolute atomic E-state index is 3.72. The Kier molecular flexibility index (Phi) is 3.96. The quantitative estimate of drug-likeness (QED) is 0.273. The molecule has 0 unspecified atom stereocenters. The van der Waals surface area contributed by atoms with Gasteiger partial charge in [-0.3, -0.25) is 0 Å². The largest absolute Gasteiger partial charge is 0.354 e. The average Bonchev–Trinajstić information content (AvgIpc) is 2.89. The highest BCUT2D eigenvalue weighted by molar-refractivity contribution is 8.34. The van der Waals surface area contributed by atoms with Crippen LogP contribution in [0.1, 0.15) is 0 Å². The zero-order valence-corrected chi connectivity index (χ0v) is 18.8. The van der Waals surface area contributed by atoms with E-state index in [-0.39, 0.29) is 0 Å². The molecule has 2 nitrogen and oxygen atoms in total. The van der Waals surface area contributed by atoms with Crippen molar-refractivity contribution >= 4 is 38.5 Å². The van der Waals surface area contributed by atoms with Gasteiger partial charge in [0.25, 0.3) is 0 Å². The fraction of sp³-hybridized carbons (Fsp3) is 0. The van der Waals surface area contributed by atoms with E-state index in [0.717, 1.165) is 0 Å². The predicted octanol–water partition coefficient (Wildman–Crippen LogP) is 8.87. The third kappa shape index (κ3) is 2.46. The third-order valence-corrected chi connectivity index (χ3v) is 10.6. The van der Waals surface area contributed by atoms with Crippen LogP contribution < -0.4 is 10.2 Å². The van der Waals surface area contributed by atoms with Gasteiger partial charge in [-0.05, 0) is 60.7 Å². The van der Waals surface area contributed by atoms with Gasteiger partial charge in [-0.15, -0.1) is 10.0 Å². The second-order valence-corrected chi connectivity index (χ2v) is 11.3. The van der Waals surface area contributed by atoms with E-state index in [9.17, 15) is 0 Å². The Morgan fingerprint density at radius 2 is 0.848 bits per heavy atom. The minimum atomic E-state index is -1.68. The number of hydrogen-bond donors (Lipinski definition) is 1. The van der Waals surface area contributed by atoms with Crippen molar-refractivity contribution in [3.05, 3.63) is 127 Å². The maximum atomic E-state index is 3.72. The molecule has 0 atom stereocenters. The Morgan fingerprint density at radius 1 is 0.424 bits per heavy atom. The van der Waals surface area contributed by atoms with E-state index in [0.29, 0.717) is 0 Å². The van der Waals surface area contributed by atoms with Crippen molar-refractivity contribution in [2.24, 2.45) is 0 Å². The van der Waals surface area contributed by atoms with E-state index in [1.165, 1.54) is 48.0 Å². The van der Waals surface area contributed by atoms with Crippen molar-refractivity contribution in [2.45, 2.75) is 19.6 Å². The number of nitrogens with one attached hydrogen (secondary N) is 1. The molecule has 3 heteroatoms. The minimum absolute atomic E-state index is 1.18. The van der Waals surface area contributed by atoms with Crippen LogP contribution in [-0.4, -0.2) is 0 Å². The van der Waals surface area contributed by atoms with Crippen LogP contribution in [0.5, 0.6) is 0 Å². The molecule has 0 saturated carbocycles. The topological polar surface area (TPSA) is 15.3 Å². The first-order valence-corrected chi connectivity index (χ1v) is 12.8. The van der Waals surface area contributed by atoms with E-state index >= 15 is 0 Å². The average molecular weight is 443 g/mol. The first-order chi connectivity index (χ1) is 16.4. The van der Waals surface area contributed by atoms with Gasteiger partial charge < -0.3 is 10.2 Å². The first-order valence-electron chi connectivity index (χ1n) is 11.2. The molecule has 158 valence electrons. The molecule has 5 aromatic carbocycles. The van der Waals surface area contributed by atoms with Gasteiger partial charge in [-0.2, -0.15) is 0 Å². The minimum Gasteiger partial charge on any atom is -0.354 e. The number of hydrogen-bond acceptors (Lipinski definition) is 2. The van der Waals surface area contributed by atoms with Crippen LogP contribution >= 0.6 is 10.0 Å². The van der Waals surface area contributed by atoms with Crippen LogP contribution in [0.2, 0.25) is 0 Å². The second-order valence-electron chi connectivity index (χ2n) is 8.34. The normalized spacial score (nSPS) is 15.5. The lowest BCUT2D eigenvalue weighted by molar-refractivity contribution is 1.11. The highest BCUT2D eigenvalue weighted by Gasteiger charge is 2.46. The van der Waals surface area contributed by atoms with Gasteiger partial charge in [-0.1, -0.05) is 66.7 Å². The van der Waals surface area contributed by atoms with Gasteiger partial charge in [0, 0.05) is 25.3 Å². The molecule has 7 rings (SSSR count). The smallest absolute Gasteiger partial charge is 0.0592 e. The van der Waals surface area contributed by atoms with Crippen molar-refractivity contribution in [3.63, 3.8) is 0 Å².